The van der Waals surface area contributed by atoms with Crippen molar-refractivity contribution in [2.75, 3.05) is 27.4 Å². The number of hydrogen-bond acceptors (Lipinski definition) is 3. The summed E-state index contributed by atoms with van der Waals surface area (Å²) in [5.41, 5.74) is 2.39. The van der Waals surface area contributed by atoms with E-state index in [1.165, 1.54) is 5.56 Å². The normalized spacial score (nSPS) is 12.5. The first kappa shape index (κ1) is 13.0. The molecule has 0 fully saturated rings. The number of aryl methyl sites for hydroxylation is 1. The lowest BCUT2D eigenvalue weighted by Crippen LogP contribution is -2.25. The van der Waals surface area contributed by atoms with Gasteiger partial charge in [0.25, 0.3) is 0 Å². The van der Waals surface area contributed by atoms with Gasteiger partial charge in [-0.3, -0.25) is 0 Å². The predicted molar refractivity (Wildman–Crippen MR) is 66.0 cm³/mol. The van der Waals surface area contributed by atoms with Gasteiger partial charge in [0, 0.05) is 12.7 Å². The van der Waals surface area contributed by atoms with E-state index in [0.29, 0.717) is 6.61 Å². The summed E-state index contributed by atoms with van der Waals surface area (Å²) in [7, 11) is 3.41. The van der Waals surface area contributed by atoms with E-state index in [4.69, 9.17) is 9.47 Å². The van der Waals surface area contributed by atoms with Crippen molar-refractivity contribution in [2.45, 2.75) is 19.9 Å². The molecule has 0 aliphatic rings. The fourth-order valence-electron chi connectivity index (χ4n) is 1.80. The first-order valence-electron chi connectivity index (χ1n) is 5.59. The Kier molecular flexibility index (Phi) is 5.29. The maximum atomic E-state index is 5.38. The molecule has 0 bridgehead atoms. The van der Waals surface area contributed by atoms with E-state index in [2.05, 4.69) is 31.3 Å². The van der Waals surface area contributed by atoms with Crippen LogP contribution in [0, 0.1) is 6.92 Å². The average molecular weight is 223 g/mol. The molecule has 1 rings (SSSR count). The van der Waals surface area contributed by atoms with Crippen molar-refractivity contribution < 1.29 is 9.47 Å². The minimum Gasteiger partial charge on any atom is -0.496 e. The molecule has 0 saturated carbocycles. The Labute approximate surface area is 97.8 Å². The summed E-state index contributed by atoms with van der Waals surface area (Å²) >= 11 is 0. The van der Waals surface area contributed by atoms with Crippen molar-refractivity contribution in [1.82, 2.24) is 5.32 Å². The predicted octanol–water partition coefficient (Wildman–Crippen LogP) is 2.30. The summed E-state index contributed by atoms with van der Waals surface area (Å²) in [6, 6.07) is 6.39. The Morgan fingerprint density at radius 1 is 1.31 bits per heavy atom. The number of benzene rings is 1. The molecule has 0 radical (unpaired) electrons. The molecule has 0 saturated heterocycles. The standard InChI is InChI=1S/C13H21NO2/c1-5-14-12(9-15-3)11-8-10(2)6-7-13(11)16-4/h6-8,12,14H,5,9H2,1-4H3. The van der Waals surface area contributed by atoms with Crippen molar-refractivity contribution in [3.8, 4) is 5.75 Å². The molecule has 1 unspecified atom stereocenters. The number of methoxy groups -OCH3 is 2. The zero-order chi connectivity index (χ0) is 12.0. The van der Waals surface area contributed by atoms with Crippen LogP contribution in [0.1, 0.15) is 24.1 Å². The smallest absolute Gasteiger partial charge is 0.123 e. The quantitative estimate of drug-likeness (QED) is 0.802. The number of hydrogen-bond donors (Lipinski definition) is 1. The molecular formula is C13H21NO2. The highest BCUT2D eigenvalue weighted by Crippen LogP contribution is 2.26. The topological polar surface area (TPSA) is 30.5 Å². The monoisotopic (exact) mass is 223 g/mol. The number of likely N-dealkylation sites (N-methyl/N-ethyl adjacent to an activating group) is 1. The maximum absolute atomic E-state index is 5.38. The molecule has 0 amide bonds. The third-order valence-electron chi connectivity index (χ3n) is 2.54. The van der Waals surface area contributed by atoms with Crippen LogP contribution in [0.2, 0.25) is 0 Å². The first-order valence-corrected chi connectivity index (χ1v) is 5.59. The van der Waals surface area contributed by atoms with Gasteiger partial charge in [-0.05, 0) is 19.5 Å². The molecule has 1 aromatic rings. The largest absolute Gasteiger partial charge is 0.496 e. The van der Waals surface area contributed by atoms with Gasteiger partial charge < -0.3 is 14.8 Å². The van der Waals surface area contributed by atoms with E-state index >= 15 is 0 Å². The van der Waals surface area contributed by atoms with Crippen molar-refractivity contribution in [1.29, 1.82) is 0 Å². The summed E-state index contributed by atoms with van der Waals surface area (Å²) in [5.74, 6) is 0.911. The Balaban J connectivity index is 3.00. The van der Waals surface area contributed by atoms with Crippen molar-refractivity contribution >= 4 is 0 Å². The number of nitrogens with one attached hydrogen (secondary N) is 1. The lowest BCUT2D eigenvalue weighted by molar-refractivity contribution is 0.166. The summed E-state index contributed by atoms with van der Waals surface area (Å²) in [6.45, 7) is 5.72. The van der Waals surface area contributed by atoms with Gasteiger partial charge in [0.15, 0.2) is 0 Å². The molecule has 0 heterocycles. The highest BCUT2D eigenvalue weighted by molar-refractivity contribution is 5.39. The summed E-state index contributed by atoms with van der Waals surface area (Å²) in [6.07, 6.45) is 0. The summed E-state index contributed by atoms with van der Waals surface area (Å²) in [4.78, 5) is 0. The Bertz CT molecular complexity index is 320. The van der Waals surface area contributed by atoms with Gasteiger partial charge in [0.05, 0.1) is 19.8 Å². The molecule has 90 valence electrons. The second-order valence-electron chi connectivity index (χ2n) is 3.81. The lowest BCUT2D eigenvalue weighted by atomic mass is 10.0. The maximum Gasteiger partial charge on any atom is 0.123 e. The zero-order valence-corrected chi connectivity index (χ0v) is 10.5. The minimum absolute atomic E-state index is 0.185. The minimum atomic E-state index is 0.185. The van der Waals surface area contributed by atoms with E-state index in [0.717, 1.165) is 17.9 Å². The SMILES string of the molecule is CCNC(COC)c1cc(C)ccc1OC. The average Bonchev–Trinajstić information content (AvgIpc) is 2.29. The molecule has 1 atom stereocenters. The van der Waals surface area contributed by atoms with Crippen LogP contribution < -0.4 is 10.1 Å². The van der Waals surface area contributed by atoms with Crippen LogP contribution in [0.15, 0.2) is 18.2 Å². The van der Waals surface area contributed by atoms with Gasteiger partial charge in [0.1, 0.15) is 5.75 Å². The Morgan fingerprint density at radius 3 is 2.62 bits per heavy atom. The van der Waals surface area contributed by atoms with Gasteiger partial charge in [-0.1, -0.05) is 24.6 Å². The van der Waals surface area contributed by atoms with Crippen molar-refractivity contribution in [3.63, 3.8) is 0 Å². The summed E-state index contributed by atoms with van der Waals surface area (Å²) in [5, 5.41) is 3.40. The second kappa shape index (κ2) is 6.51. The third kappa shape index (κ3) is 3.22. The molecule has 1 N–H and O–H groups in total. The van der Waals surface area contributed by atoms with Gasteiger partial charge in [-0.2, -0.15) is 0 Å². The van der Waals surface area contributed by atoms with Crippen LogP contribution in [0.25, 0.3) is 0 Å². The highest BCUT2D eigenvalue weighted by Gasteiger charge is 2.14. The van der Waals surface area contributed by atoms with E-state index in [-0.39, 0.29) is 6.04 Å². The van der Waals surface area contributed by atoms with Crippen LogP contribution in [0.5, 0.6) is 5.75 Å². The highest BCUT2D eigenvalue weighted by atomic mass is 16.5. The molecule has 0 aliphatic heterocycles. The van der Waals surface area contributed by atoms with Crippen LogP contribution in [-0.2, 0) is 4.74 Å². The lowest BCUT2D eigenvalue weighted by Gasteiger charge is -2.20. The first-order chi connectivity index (χ1) is 7.72. The molecule has 16 heavy (non-hydrogen) atoms. The van der Waals surface area contributed by atoms with Gasteiger partial charge >= 0.3 is 0 Å². The second-order valence-corrected chi connectivity index (χ2v) is 3.81. The molecule has 0 aliphatic carbocycles. The van der Waals surface area contributed by atoms with Crippen LogP contribution >= 0.6 is 0 Å². The van der Waals surface area contributed by atoms with E-state index in [9.17, 15) is 0 Å². The van der Waals surface area contributed by atoms with Gasteiger partial charge in [-0.15, -0.1) is 0 Å². The third-order valence-corrected chi connectivity index (χ3v) is 2.54. The van der Waals surface area contributed by atoms with E-state index in [1.54, 1.807) is 14.2 Å². The number of rotatable bonds is 6. The zero-order valence-electron chi connectivity index (χ0n) is 10.5. The van der Waals surface area contributed by atoms with Crippen molar-refractivity contribution in [3.05, 3.63) is 29.3 Å². The van der Waals surface area contributed by atoms with E-state index < -0.39 is 0 Å². The van der Waals surface area contributed by atoms with Crippen LogP contribution in [-0.4, -0.2) is 27.4 Å². The van der Waals surface area contributed by atoms with Gasteiger partial charge in [0.2, 0.25) is 0 Å². The molecule has 3 nitrogen and oxygen atoms in total. The molecular weight excluding hydrogens is 202 g/mol. The fraction of sp³-hybridized carbons (Fsp3) is 0.538. The Morgan fingerprint density at radius 2 is 2.06 bits per heavy atom. The van der Waals surface area contributed by atoms with E-state index in [1.807, 2.05) is 6.07 Å². The van der Waals surface area contributed by atoms with Crippen LogP contribution in [0.4, 0.5) is 0 Å². The van der Waals surface area contributed by atoms with Crippen LogP contribution in [0.3, 0.4) is 0 Å². The molecule has 3 heteroatoms. The van der Waals surface area contributed by atoms with Crippen molar-refractivity contribution in [2.24, 2.45) is 0 Å². The summed E-state index contributed by atoms with van der Waals surface area (Å²) < 4.78 is 10.6. The molecule has 1 aromatic carbocycles. The number of ether oxygens (including phenoxy) is 2. The van der Waals surface area contributed by atoms with Gasteiger partial charge in [-0.25, -0.2) is 0 Å². The molecule has 0 aromatic heterocycles. The molecule has 0 spiro atoms. The Hall–Kier alpha value is -1.06. The fourth-order valence-corrected chi connectivity index (χ4v) is 1.80.